The molecule has 4 rings (SSSR count). The van der Waals surface area contributed by atoms with Crippen LogP contribution in [0.3, 0.4) is 0 Å². The topological polar surface area (TPSA) is 0 Å². The first kappa shape index (κ1) is 24.4. The number of benzene rings is 3. The van der Waals surface area contributed by atoms with Crippen molar-refractivity contribution in [3.8, 4) is 22.3 Å². The molecule has 160 valence electrons. The molecular weight excluding hydrogens is 498 g/mol. The van der Waals surface area contributed by atoms with Gasteiger partial charge < -0.3 is 0 Å². The van der Waals surface area contributed by atoms with Crippen molar-refractivity contribution >= 4 is 27.8 Å². The van der Waals surface area contributed by atoms with E-state index in [1.54, 1.807) is 0 Å². The van der Waals surface area contributed by atoms with Crippen LogP contribution in [-0.4, -0.2) is 0 Å². The van der Waals surface area contributed by atoms with Crippen molar-refractivity contribution in [1.82, 2.24) is 0 Å². The Morgan fingerprint density at radius 3 is 2.06 bits per heavy atom. The molecular formula is C28H29Cl2Zr-. The maximum atomic E-state index is 4.93. The van der Waals surface area contributed by atoms with E-state index in [1.807, 2.05) is 0 Å². The van der Waals surface area contributed by atoms with E-state index in [0.717, 1.165) is 0 Å². The molecule has 0 aliphatic rings. The van der Waals surface area contributed by atoms with Crippen LogP contribution in [0.4, 0.5) is 0 Å². The van der Waals surface area contributed by atoms with Crippen LogP contribution in [0.2, 0.25) is 0 Å². The Morgan fingerprint density at radius 1 is 0.839 bits per heavy atom. The van der Waals surface area contributed by atoms with E-state index in [4.69, 9.17) is 17.0 Å². The minimum absolute atomic E-state index is 0.477. The summed E-state index contributed by atoms with van der Waals surface area (Å²) in [4.78, 5) is 0. The molecule has 0 amide bonds. The average Bonchev–Trinajstić information content (AvgIpc) is 3.23. The van der Waals surface area contributed by atoms with E-state index < -0.39 is 20.8 Å². The number of hydrogen-bond donors (Lipinski definition) is 0. The predicted molar refractivity (Wildman–Crippen MR) is 135 cm³/mol. The van der Waals surface area contributed by atoms with Crippen LogP contribution in [-0.2, 0) is 20.8 Å². The quantitative estimate of drug-likeness (QED) is 0.227. The molecule has 0 radical (unpaired) electrons. The maximum absolute atomic E-state index is 4.93. The average molecular weight is 528 g/mol. The fourth-order valence-electron chi connectivity index (χ4n) is 4.19. The molecule has 0 aliphatic carbocycles. The Labute approximate surface area is 205 Å². The molecule has 0 aliphatic heterocycles. The van der Waals surface area contributed by atoms with Crippen LogP contribution in [0.25, 0.3) is 33.0 Å². The molecule has 0 fully saturated rings. The van der Waals surface area contributed by atoms with Gasteiger partial charge in [0, 0.05) is 0 Å². The molecule has 4 aromatic rings. The number of fused-ring (bicyclic) bond motifs is 1. The van der Waals surface area contributed by atoms with Gasteiger partial charge in [0.1, 0.15) is 0 Å². The molecule has 1 atom stereocenters. The summed E-state index contributed by atoms with van der Waals surface area (Å²) >= 11 is -0.826. The Hall–Kier alpha value is -1.27. The van der Waals surface area contributed by atoms with Crippen molar-refractivity contribution in [3.05, 3.63) is 90.0 Å². The molecule has 0 bridgehead atoms. The second kappa shape index (κ2) is 11.6. The molecule has 0 N–H and O–H groups in total. The molecule has 0 aromatic heterocycles. The second-order valence-electron chi connectivity index (χ2n) is 8.27. The summed E-state index contributed by atoms with van der Waals surface area (Å²) in [5, 5.41) is 2.75. The fourth-order valence-corrected chi connectivity index (χ4v) is 4.19. The third-order valence-electron chi connectivity index (χ3n) is 6.03. The van der Waals surface area contributed by atoms with Gasteiger partial charge in [-0.05, 0) is 28.5 Å². The van der Waals surface area contributed by atoms with Crippen LogP contribution in [0.5, 0.6) is 0 Å². The van der Waals surface area contributed by atoms with Crippen LogP contribution >= 0.6 is 17.0 Å². The summed E-state index contributed by atoms with van der Waals surface area (Å²) in [6.45, 7) is 9.20. The molecule has 0 nitrogen and oxygen atoms in total. The normalized spacial score (nSPS) is 11.8. The van der Waals surface area contributed by atoms with E-state index in [0.29, 0.717) is 11.8 Å². The van der Waals surface area contributed by atoms with Gasteiger partial charge in [0.15, 0.2) is 0 Å². The van der Waals surface area contributed by atoms with Gasteiger partial charge in [0.2, 0.25) is 0 Å². The summed E-state index contributed by atoms with van der Waals surface area (Å²) in [5.41, 5.74) is 8.21. The summed E-state index contributed by atoms with van der Waals surface area (Å²) in [7, 11) is 9.87. The van der Waals surface area contributed by atoms with Gasteiger partial charge in [-0.2, -0.15) is 6.07 Å². The van der Waals surface area contributed by atoms with Crippen LogP contribution in [0.15, 0.2) is 78.9 Å². The zero-order chi connectivity index (χ0) is 22.4. The zero-order valence-corrected chi connectivity index (χ0v) is 22.6. The van der Waals surface area contributed by atoms with Crippen LogP contribution in [0.1, 0.15) is 57.1 Å². The summed E-state index contributed by atoms with van der Waals surface area (Å²) < 4.78 is 0. The Morgan fingerprint density at radius 2 is 1.45 bits per heavy atom. The fraction of sp³-hybridized carbons (Fsp3) is 0.250. The first-order valence-corrected chi connectivity index (χ1v) is 17.2. The van der Waals surface area contributed by atoms with Crippen molar-refractivity contribution in [2.75, 3.05) is 0 Å². The van der Waals surface area contributed by atoms with Gasteiger partial charge in [-0.15, -0.1) is 34.5 Å². The SMILES string of the molecule is CCC(C)c1cc2c(-c3ccccc3-c3ccccc3)c(C(C)C)ccc2[cH-]1.[Cl][Zr][Cl]. The van der Waals surface area contributed by atoms with E-state index in [9.17, 15) is 0 Å². The first-order chi connectivity index (χ1) is 15.0. The van der Waals surface area contributed by atoms with Crippen molar-refractivity contribution < 1.29 is 20.8 Å². The minimum atomic E-state index is -0.826. The van der Waals surface area contributed by atoms with E-state index >= 15 is 0 Å². The van der Waals surface area contributed by atoms with Gasteiger partial charge in [0.05, 0.1) is 0 Å². The molecule has 0 saturated heterocycles. The third kappa shape index (κ3) is 5.57. The van der Waals surface area contributed by atoms with E-state index in [2.05, 4.69) is 107 Å². The third-order valence-corrected chi connectivity index (χ3v) is 6.03. The van der Waals surface area contributed by atoms with Crippen molar-refractivity contribution in [3.63, 3.8) is 0 Å². The number of halogens is 2. The molecule has 1 unspecified atom stereocenters. The second-order valence-corrected chi connectivity index (χ2v) is 12.0. The standard InChI is InChI=1S/C28H29.2ClH.Zr/c1-5-20(4)23-17-22-15-16-24(19(2)3)28(27(22)18-23)26-14-10-9-13-25(26)21-11-7-6-8-12-21;;;/h6-20H,5H2,1-4H3;2*1H;/q-1;;;+2/p-2. The van der Waals surface area contributed by atoms with Gasteiger partial charge in [-0.3, -0.25) is 0 Å². The van der Waals surface area contributed by atoms with Crippen molar-refractivity contribution in [2.45, 2.75) is 46.0 Å². The zero-order valence-electron chi connectivity index (χ0n) is 18.6. The van der Waals surface area contributed by atoms with Crippen LogP contribution in [0, 0.1) is 0 Å². The molecule has 0 heterocycles. The monoisotopic (exact) mass is 525 g/mol. The Kier molecular flexibility index (Phi) is 9.09. The van der Waals surface area contributed by atoms with Gasteiger partial charge in [-0.25, -0.2) is 0 Å². The van der Waals surface area contributed by atoms with E-state index in [1.165, 1.54) is 50.6 Å². The van der Waals surface area contributed by atoms with Crippen molar-refractivity contribution in [1.29, 1.82) is 0 Å². The number of rotatable bonds is 5. The Bertz CT molecular complexity index is 1110. The summed E-state index contributed by atoms with van der Waals surface area (Å²) in [5.74, 6) is 1.07. The van der Waals surface area contributed by atoms with Gasteiger partial charge in [-0.1, -0.05) is 99.8 Å². The molecule has 4 aromatic carbocycles. The molecule has 31 heavy (non-hydrogen) atoms. The van der Waals surface area contributed by atoms with E-state index in [-0.39, 0.29) is 0 Å². The molecule has 3 heteroatoms. The summed E-state index contributed by atoms with van der Waals surface area (Å²) in [6, 6.07) is 29.1. The van der Waals surface area contributed by atoms with Gasteiger partial charge in [0.25, 0.3) is 0 Å². The van der Waals surface area contributed by atoms with Crippen LogP contribution < -0.4 is 0 Å². The first-order valence-electron chi connectivity index (χ1n) is 10.9. The predicted octanol–water partition coefficient (Wildman–Crippen LogP) is 9.91. The number of hydrogen-bond acceptors (Lipinski definition) is 0. The summed E-state index contributed by atoms with van der Waals surface area (Å²) in [6.07, 6.45) is 1.17. The molecule has 0 saturated carbocycles. The van der Waals surface area contributed by atoms with Crippen molar-refractivity contribution in [2.24, 2.45) is 0 Å². The van der Waals surface area contributed by atoms with Gasteiger partial charge >= 0.3 is 37.9 Å². The molecule has 0 spiro atoms. The Balaban J connectivity index is 0.000000858.